The first-order valence-electron chi connectivity index (χ1n) is 10.6. The van der Waals surface area contributed by atoms with Gasteiger partial charge in [0.1, 0.15) is 5.82 Å². The van der Waals surface area contributed by atoms with Crippen LogP contribution >= 0.6 is 0 Å². The highest BCUT2D eigenvalue weighted by atomic mass is 15.1. The maximum absolute atomic E-state index is 5.01. The van der Waals surface area contributed by atoms with Crippen molar-refractivity contribution in [3.05, 3.63) is 72.1 Å². The number of aliphatic imine (C=N–C) groups is 2. The summed E-state index contributed by atoms with van der Waals surface area (Å²) in [7, 11) is 5.92. The van der Waals surface area contributed by atoms with E-state index in [1.165, 1.54) is 11.4 Å². The van der Waals surface area contributed by atoms with Crippen molar-refractivity contribution >= 4 is 22.8 Å². The van der Waals surface area contributed by atoms with Gasteiger partial charge in [-0.1, -0.05) is 30.3 Å². The second kappa shape index (κ2) is 10.7. The molecule has 2 N–H and O–H groups in total. The summed E-state index contributed by atoms with van der Waals surface area (Å²) in [6, 6.07) is 18.6. The maximum atomic E-state index is 5.01. The van der Waals surface area contributed by atoms with Crippen molar-refractivity contribution in [3.8, 4) is 0 Å². The fourth-order valence-corrected chi connectivity index (χ4v) is 3.62. The second-order valence-corrected chi connectivity index (χ2v) is 7.85. The summed E-state index contributed by atoms with van der Waals surface area (Å²) in [5, 5.41) is 6.94. The van der Waals surface area contributed by atoms with Gasteiger partial charge in [0, 0.05) is 44.3 Å². The molecule has 1 saturated heterocycles. The van der Waals surface area contributed by atoms with Gasteiger partial charge in [0.2, 0.25) is 0 Å². The molecule has 0 amide bonds. The number of nitrogens with zero attached hydrogens (tertiary/aromatic N) is 3. The Labute approximate surface area is 180 Å². The molecule has 1 heterocycles. The molecule has 0 aliphatic carbocycles. The van der Waals surface area contributed by atoms with Crippen molar-refractivity contribution in [1.29, 1.82) is 0 Å². The Bertz CT molecular complexity index is 889. The van der Waals surface area contributed by atoms with E-state index < -0.39 is 0 Å². The predicted octanol–water partition coefficient (Wildman–Crippen LogP) is 4.59. The van der Waals surface area contributed by atoms with Crippen molar-refractivity contribution in [2.24, 2.45) is 15.9 Å². The van der Waals surface area contributed by atoms with E-state index in [1.807, 2.05) is 45.4 Å². The van der Waals surface area contributed by atoms with Crippen molar-refractivity contribution in [3.63, 3.8) is 0 Å². The highest BCUT2D eigenvalue weighted by Gasteiger charge is 2.16. The fraction of sp³-hybridized carbons (Fsp3) is 0.360. The number of hydrogen-bond acceptors (Lipinski definition) is 5. The zero-order valence-electron chi connectivity index (χ0n) is 18.5. The predicted molar refractivity (Wildman–Crippen MR) is 130 cm³/mol. The molecular weight excluding hydrogens is 370 g/mol. The van der Waals surface area contributed by atoms with Crippen LogP contribution in [0.1, 0.15) is 25.3 Å². The van der Waals surface area contributed by atoms with Gasteiger partial charge >= 0.3 is 0 Å². The summed E-state index contributed by atoms with van der Waals surface area (Å²) in [4.78, 5) is 11.6. The minimum Gasteiger partial charge on any atom is -0.378 e. The molecule has 2 aromatic carbocycles. The van der Waals surface area contributed by atoms with Crippen molar-refractivity contribution in [1.82, 2.24) is 5.32 Å². The van der Waals surface area contributed by atoms with Crippen molar-refractivity contribution < 1.29 is 0 Å². The van der Waals surface area contributed by atoms with E-state index >= 15 is 0 Å². The molecule has 5 heteroatoms. The SMILES string of the molecule is C\N=C(/C=C(\N=C(/C)C1CCNCC1)Nc1ccc(N(C)C)cc1)c1ccccc1. The second-order valence-electron chi connectivity index (χ2n) is 7.85. The molecule has 2 aromatic rings. The zero-order chi connectivity index (χ0) is 21.3. The molecule has 0 atom stereocenters. The zero-order valence-corrected chi connectivity index (χ0v) is 18.5. The Morgan fingerprint density at radius 1 is 1.03 bits per heavy atom. The highest BCUT2D eigenvalue weighted by Crippen LogP contribution is 2.20. The molecule has 0 spiro atoms. The molecule has 0 saturated carbocycles. The van der Waals surface area contributed by atoms with Crippen molar-refractivity contribution in [2.75, 3.05) is 44.4 Å². The minimum atomic E-state index is 0.520. The lowest BCUT2D eigenvalue weighted by molar-refractivity contribution is 0.455. The van der Waals surface area contributed by atoms with Crippen LogP contribution in [0.2, 0.25) is 0 Å². The quantitative estimate of drug-likeness (QED) is 0.665. The Kier molecular flexibility index (Phi) is 7.80. The monoisotopic (exact) mass is 403 g/mol. The third kappa shape index (κ3) is 6.04. The first-order chi connectivity index (χ1) is 14.6. The Balaban J connectivity index is 1.91. The molecule has 0 radical (unpaired) electrons. The Hall–Kier alpha value is -2.92. The highest BCUT2D eigenvalue weighted by molar-refractivity contribution is 6.09. The smallest absolute Gasteiger partial charge is 0.132 e. The molecule has 1 fully saturated rings. The van der Waals surface area contributed by atoms with Crippen LogP contribution in [0.4, 0.5) is 11.4 Å². The molecule has 0 unspecified atom stereocenters. The van der Waals surface area contributed by atoms with E-state index in [0.29, 0.717) is 5.92 Å². The van der Waals surface area contributed by atoms with E-state index in [1.54, 1.807) is 0 Å². The molecule has 0 bridgehead atoms. The van der Waals surface area contributed by atoms with Crippen LogP contribution in [-0.2, 0) is 0 Å². The van der Waals surface area contributed by atoms with Crippen LogP contribution in [-0.4, -0.2) is 45.7 Å². The molecule has 1 aliphatic rings. The van der Waals surface area contributed by atoms with Gasteiger partial charge in [0.15, 0.2) is 0 Å². The van der Waals surface area contributed by atoms with Gasteiger partial charge in [-0.15, -0.1) is 0 Å². The van der Waals surface area contributed by atoms with E-state index in [4.69, 9.17) is 4.99 Å². The molecule has 30 heavy (non-hydrogen) atoms. The molecule has 3 rings (SSSR count). The number of rotatable bonds is 7. The summed E-state index contributed by atoms with van der Waals surface area (Å²) in [6.45, 7) is 4.26. The summed E-state index contributed by atoms with van der Waals surface area (Å²) in [5.74, 6) is 1.33. The van der Waals surface area contributed by atoms with Gasteiger partial charge < -0.3 is 15.5 Å². The van der Waals surface area contributed by atoms with Crippen LogP contribution in [0.3, 0.4) is 0 Å². The van der Waals surface area contributed by atoms with Crippen molar-refractivity contribution in [2.45, 2.75) is 19.8 Å². The molecule has 1 aliphatic heterocycles. The van der Waals surface area contributed by atoms with Crippen LogP contribution < -0.4 is 15.5 Å². The van der Waals surface area contributed by atoms with E-state index in [9.17, 15) is 0 Å². The molecular formula is C25H33N5. The molecule has 5 nitrogen and oxygen atoms in total. The number of anilines is 2. The topological polar surface area (TPSA) is 52.0 Å². The Morgan fingerprint density at radius 2 is 1.70 bits per heavy atom. The first kappa shape index (κ1) is 21.8. The lowest BCUT2D eigenvalue weighted by atomic mass is 9.94. The van der Waals surface area contributed by atoms with Crippen LogP contribution in [0.5, 0.6) is 0 Å². The minimum absolute atomic E-state index is 0.520. The summed E-state index contributed by atoms with van der Waals surface area (Å²) in [5.41, 5.74) is 5.34. The van der Waals surface area contributed by atoms with E-state index in [2.05, 4.69) is 63.8 Å². The number of hydrogen-bond donors (Lipinski definition) is 2. The number of piperidine rings is 1. The van der Waals surface area contributed by atoms with Gasteiger partial charge in [-0.3, -0.25) is 4.99 Å². The lowest BCUT2D eigenvalue weighted by Crippen LogP contribution is -2.31. The summed E-state index contributed by atoms with van der Waals surface area (Å²) < 4.78 is 0. The van der Waals surface area contributed by atoms with Gasteiger partial charge in [0.05, 0.1) is 5.71 Å². The molecule has 158 valence electrons. The number of nitrogens with one attached hydrogen (secondary N) is 2. The van der Waals surface area contributed by atoms with Crippen LogP contribution in [0, 0.1) is 5.92 Å². The maximum Gasteiger partial charge on any atom is 0.132 e. The third-order valence-corrected chi connectivity index (χ3v) is 5.47. The van der Waals surface area contributed by atoms with Gasteiger partial charge in [-0.05, 0) is 68.6 Å². The van der Waals surface area contributed by atoms with E-state index in [0.717, 1.165) is 48.7 Å². The van der Waals surface area contributed by atoms with Crippen LogP contribution in [0.15, 0.2) is 76.5 Å². The average molecular weight is 404 g/mol. The standard InChI is InChI=1S/C25H33N5/c1-19(20-14-16-27-17-15-20)28-25(18-24(26-2)21-8-6-5-7-9-21)29-22-10-12-23(13-11-22)30(3)4/h5-13,18,20,27,29H,14-17H2,1-4H3/b25-18+,26-24+,28-19+. The largest absolute Gasteiger partial charge is 0.378 e. The van der Waals surface area contributed by atoms with Gasteiger partial charge in [-0.25, -0.2) is 4.99 Å². The average Bonchev–Trinajstić information content (AvgIpc) is 2.78. The fourth-order valence-electron chi connectivity index (χ4n) is 3.62. The normalized spacial score (nSPS) is 16.5. The van der Waals surface area contributed by atoms with Crippen LogP contribution in [0.25, 0.3) is 0 Å². The van der Waals surface area contributed by atoms with Gasteiger partial charge in [0.25, 0.3) is 0 Å². The summed E-state index contributed by atoms with van der Waals surface area (Å²) in [6.07, 6.45) is 4.31. The first-order valence-corrected chi connectivity index (χ1v) is 10.6. The lowest BCUT2D eigenvalue weighted by Gasteiger charge is -2.23. The number of allylic oxidation sites excluding steroid dienone is 1. The van der Waals surface area contributed by atoms with E-state index in [-0.39, 0.29) is 0 Å². The number of benzene rings is 2. The molecule has 0 aromatic heterocycles. The Morgan fingerprint density at radius 3 is 2.30 bits per heavy atom. The van der Waals surface area contributed by atoms with Gasteiger partial charge in [-0.2, -0.15) is 0 Å². The summed E-state index contributed by atoms with van der Waals surface area (Å²) >= 11 is 0. The third-order valence-electron chi connectivity index (χ3n) is 5.47.